The van der Waals surface area contributed by atoms with Gasteiger partial charge in [0.25, 0.3) is 0 Å². The Morgan fingerprint density at radius 1 is 0.667 bits per heavy atom. The molecule has 0 aromatic rings. The van der Waals surface area contributed by atoms with Crippen molar-refractivity contribution in [2.45, 2.75) is 87.1 Å². The summed E-state index contributed by atoms with van der Waals surface area (Å²) in [6.45, 7) is -0.372. The fourth-order valence-corrected chi connectivity index (χ4v) is 3.49. The summed E-state index contributed by atoms with van der Waals surface area (Å²) in [5, 5.41) is 69.6. The number of unbranched alkanes of at least 4 members (excludes halogenated alkanes) is 3. The first-order valence-corrected chi connectivity index (χ1v) is 10.3. The zero-order chi connectivity index (χ0) is 22.3. The van der Waals surface area contributed by atoms with E-state index in [0.717, 1.165) is 19.3 Å². The monoisotopic (exact) mass is 441 g/mol. The summed E-state index contributed by atoms with van der Waals surface area (Å²) in [6.07, 6.45) is -11.1. The Morgan fingerprint density at radius 2 is 1.27 bits per heavy atom. The maximum Gasteiger partial charge on any atom is 0.187 e. The molecule has 0 radical (unpaired) electrons. The lowest BCUT2D eigenvalue weighted by Crippen LogP contribution is -2.64. The van der Waals surface area contributed by atoms with Crippen molar-refractivity contribution in [1.29, 1.82) is 0 Å². The van der Waals surface area contributed by atoms with Gasteiger partial charge in [0.1, 0.15) is 48.8 Å². The molecule has 0 spiro atoms. The summed E-state index contributed by atoms with van der Waals surface area (Å²) in [4.78, 5) is 0. The van der Waals surface area contributed by atoms with Crippen LogP contribution in [0.4, 0.5) is 0 Å². The van der Waals surface area contributed by atoms with Crippen molar-refractivity contribution in [3.8, 4) is 0 Å². The van der Waals surface area contributed by atoms with Gasteiger partial charge in [-0.3, -0.25) is 0 Å². The van der Waals surface area contributed by atoms with E-state index in [4.69, 9.17) is 24.7 Å². The van der Waals surface area contributed by atoms with Crippen LogP contribution >= 0.6 is 0 Å². The number of ether oxygens (including phenoxy) is 4. The molecule has 2 rings (SSSR count). The summed E-state index contributed by atoms with van der Waals surface area (Å²) in [5.41, 5.74) is 5.44. The van der Waals surface area contributed by atoms with Gasteiger partial charge in [-0.2, -0.15) is 0 Å². The molecule has 0 aromatic heterocycles. The largest absolute Gasteiger partial charge is 0.394 e. The minimum Gasteiger partial charge on any atom is -0.394 e. The van der Waals surface area contributed by atoms with E-state index in [1.807, 2.05) is 0 Å². The van der Waals surface area contributed by atoms with E-state index in [2.05, 4.69) is 0 Å². The number of hydrogen-bond acceptors (Lipinski definition) is 12. The lowest BCUT2D eigenvalue weighted by molar-refractivity contribution is -0.360. The molecule has 30 heavy (non-hydrogen) atoms. The van der Waals surface area contributed by atoms with E-state index in [1.165, 1.54) is 0 Å². The van der Waals surface area contributed by atoms with E-state index in [9.17, 15) is 35.7 Å². The smallest absolute Gasteiger partial charge is 0.187 e. The van der Waals surface area contributed by atoms with Gasteiger partial charge in [-0.15, -0.1) is 0 Å². The highest BCUT2D eigenvalue weighted by Crippen LogP contribution is 2.29. The molecule has 0 aliphatic carbocycles. The lowest BCUT2D eigenvalue weighted by atomic mass is 9.97. The minimum absolute atomic E-state index is 0.257. The first-order valence-electron chi connectivity index (χ1n) is 10.3. The lowest BCUT2D eigenvalue weighted by Gasteiger charge is -2.45. The van der Waals surface area contributed by atoms with Crippen LogP contribution in [0.25, 0.3) is 0 Å². The highest BCUT2D eigenvalue weighted by atomic mass is 16.7. The highest BCUT2D eigenvalue weighted by Gasteiger charge is 2.50. The van der Waals surface area contributed by atoms with Gasteiger partial charge in [-0.1, -0.05) is 12.8 Å². The van der Waals surface area contributed by atoms with Gasteiger partial charge in [-0.25, -0.2) is 0 Å². The van der Waals surface area contributed by atoms with Gasteiger partial charge < -0.3 is 60.4 Å². The molecule has 0 bridgehead atoms. The molecule has 2 aliphatic heterocycles. The molecule has 2 heterocycles. The van der Waals surface area contributed by atoms with Crippen molar-refractivity contribution in [2.75, 3.05) is 26.4 Å². The fourth-order valence-electron chi connectivity index (χ4n) is 3.49. The number of nitrogens with two attached hydrogens (primary N) is 1. The van der Waals surface area contributed by atoms with Crippen LogP contribution in [0.15, 0.2) is 0 Å². The predicted octanol–water partition coefficient (Wildman–Crippen LogP) is -3.85. The Morgan fingerprint density at radius 3 is 1.90 bits per heavy atom. The normalized spacial score (nSPS) is 42.4. The van der Waals surface area contributed by atoms with Crippen LogP contribution in [0.1, 0.15) is 25.7 Å². The van der Waals surface area contributed by atoms with Crippen LogP contribution in [-0.4, -0.2) is 124 Å². The predicted molar refractivity (Wildman–Crippen MR) is 99.9 cm³/mol. The molecule has 0 saturated carbocycles. The maximum atomic E-state index is 10.6. The van der Waals surface area contributed by atoms with Crippen LogP contribution in [-0.2, 0) is 18.9 Å². The summed E-state index contributed by atoms with van der Waals surface area (Å²) >= 11 is 0. The molecule has 0 aromatic carbocycles. The topological polar surface area (TPSA) is 205 Å². The molecule has 9 N–H and O–H groups in total. The highest BCUT2D eigenvalue weighted by molar-refractivity contribution is 4.94. The third-order valence-corrected chi connectivity index (χ3v) is 5.34. The first kappa shape index (κ1) is 25.8. The summed E-state index contributed by atoms with van der Waals surface area (Å²) < 4.78 is 21.7. The Bertz CT molecular complexity index is 485. The van der Waals surface area contributed by atoms with E-state index < -0.39 is 74.6 Å². The quantitative estimate of drug-likeness (QED) is 0.145. The van der Waals surface area contributed by atoms with Gasteiger partial charge in [-0.05, 0) is 19.4 Å². The molecule has 12 heteroatoms. The second-order valence-electron chi connectivity index (χ2n) is 7.58. The third-order valence-electron chi connectivity index (χ3n) is 5.34. The number of hydrogen-bond donors (Lipinski definition) is 8. The number of rotatable bonds is 11. The van der Waals surface area contributed by atoms with Gasteiger partial charge in [0.2, 0.25) is 0 Å². The molecule has 2 aliphatic rings. The zero-order valence-electron chi connectivity index (χ0n) is 16.8. The van der Waals surface area contributed by atoms with E-state index in [1.54, 1.807) is 0 Å². The van der Waals surface area contributed by atoms with Gasteiger partial charge in [0.05, 0.1) is 13.2 Å². The van der Waals surface area contributed by atoms with E-state index in [-0.39, 0.29) is 6.61 Å². The molecule has 2 fully saturated rings. The molecule has 10 atom stereocenters. The maximum absolute atomic E-state index is 10.6. The third kappa shape index (κ3) is 6.28. The number of aliphatic hydroxyl groups is 7. The van der Waals surface area contributed by atoms with Crippen molar-refractivity contribution in [2.24, 2.45) is 5.73 Å². The van der Waals surface area contributed by atoms with Crippen molar-refractivity contribution in [3.63, 3.8) is 0 Å². The van der Waals surface area contributed by atoms with Crippen molar-refractivity contribution in [3.05, 3.63) is 0 Å². The SMILES string of the molecule is NCCCCCCO[C@@H]1O[C@H](CO)[C@H](O)[C@H](O[C@H]2O[C@H](CO)[C@H](O)[C@H](O)[C@H]2O)[C@H]1O. The van der Waals surface area contributed by atoms with Crippen LogP contribution in [0.3, 0.4) is 0 Å². The standard InChI is InChI=1S/C18H35NO11/c19-5-3-1-2-4-6-27-17-15(26)16(12(23)10(8-21)28-17)30-18-14(25)13(24)11(22)9(7-20)29-18/h9-18,20-26H,1-8,19H2/t9-,10-,11+,12+,13+,14-,15-,16+,17-,18-/m1/s1. The second kappa shape index (κ2) is 12.5. The Labute approximate surface area is 174 Å². The van der Waals surface area contributed by atoms with Gasteiger partial charge in [0, 0.05) is 6.61 Å². The van der Waals surface area contributed by atoms with E-state index >= 15 is 0 Å². The molecule has 0 unspecified atom stereocenters. The average molecular weight is 441 g/mol. The zero-order valence-corrected chi connectivity index (χ0v) is 16.8. The second-order valence-corrected chi connectivity index (χ2v) is 7.58. The number of aliphatic hydroxyl groups excluding tert-OH is 7. The van der Waals surface area contributed by atoms with E-state index in [0.29, 0.717) is 13.0 Å². The molecular formula is C18H35NO11. The summed E-state index contributed by atoms with van der Waals surface area (Å²) in [5.74, 6) is 0. The molecule has 178 valence electrons. The van der Waals surface area contributed by atoms with Crippen molar-refractivity contribution >= 4 is 0 Å². The summed E-state index contributed by atoms with van der Waals surface area (Å²) in [7, 11) is 0. The van der Waals surface area contributed by atoms with Crippen molar-refractivity contribution in [1.82, 2.24) is 0 Å². The summed E-state index contributed by atoms with van der Waals surface area (Å²) in [6, 6.07) is 0. The van der Waals surface area contributed by atoms with Crippen LogP contribution in [0.5, 0.6) is 0 Å². The molecule has 0 amide bonds. The first-order chi connectivity index (χ1) is 14.3. The molecule has 2 saturated heterocycles. The van der Waals surface area contributed by atoms with Crippen LogP contribution in [0, 0.1) is 0 Å². The van der Waals surface area contributed by atoms with Crippen LogP contribution in [0.2, 0.25) is 0 Å². The average Bonchev–Trinajstić information content (AvgIpc) is 2.74. The van der Waals surface area contributed by atoms with Gasteiger partial charge >= 0.3 is 0 Å². The molecule has 12 nitrogen and oxygen atoms in total. The Kier molecular flexibility index (Phi) is 10.8. The van der Waals surface area contributed by atoms with Crippen LogP contribution < -0.4 is 5.73 Å². The Hall–Kier alpha value is -0.480. The Balaban J connectivity index is 1.99. The van der Waals surface area contributed by atoms with Gasteiger partial charge in [0.15, 0.2) is 12.6 Å². The fraction of sp³-hybridized carbons (Fsp3) is 1.00. The minimum atomic E-state index is -1.71. The van der Waals surface area contributed by atoms with Crippen molar-refractivity contribution < 1.29 is 54.7 Å². The molecular weight excluding hydrogens is 406 g/mol.